The Kier molecular flexibility index (Phi) is 3.84. The van der Waals surface area contributed by atoms with E-state index in [4.69, 9.17) is 4.74 Å². The number of hydrogen-bond donors (Lipinski definition) is 2. The third-order valence-electron chi connectivity index (χ3n) is 3.38. The maximum absolute atomic E-state index is 9.71. The fourth-order valence-corrected chi connectivity index (χ4v) is 3.84. The Morgan fingerprint density at radius 2 is 2.38 bits per heavy atom. The van der Waals surface area contributed by atoms with Gasteiger partial charge in [0, 0.05) is 24.9 Å². The summed E-state index contributed by atoms with van der Waals surface area (Å²) in [4.78, 5) is 0. The Balaban J connectivity index is 1.82. The number of aliphatic hydroxyl groups is 1. The van der Waals surface area contributed by atoms with E-state index < -0.39 is 5.60 Å². The van der Waals surface area contributed by atoms with Crippen molar-refractivity contribution < 1.29 is 9.84 Å². The zero-order valence-corrected chi connectivity index (χ0v) is 11.1. The third-order valence-corrected chi connectivity index (χ3v) is 4.61. The summed E-state index contributed by atoms with van der Waals surface area (Å²) in [6.07, 6.45) is 3.37. The van der Waals surface area contributed by atoms with E-state index >= 15 is 0 Å². The Morgan fingerprint density at radius 3 is 3.00 bits per heavy atom. The average Bonchev–Trinajstić information content (AvgIpc) is 2.63. The minimum absolute atomic E-state index is 0.139. The predicted octanol–water partition coefficient (Wildman–Crippen LogP) is 1.40. The molecule has 4 heteroatoms. The first-order valence-corrected chi connectivity index (χ1v) is 7.32. The molecule has 0 bridgehead atoms. The molecule has 2 saturated heterocycles. The molecule has 2 rings (SSSR count). The minimum Gasteiger partial charge on any atom is -0.389 e. The molecule has 0 saturated carbocycles. The Morgan fingerprint density at radius 1 is 1.56 bits per heavy atom. The molecule has 0 aliphatic carbocycles. The van der Waals surface area contributed by atoms with Crippen LogP contribution in [-0.4, -0.2) is 47.0 Å². The highest BCUT2D eigenvalue weighted by molar-refractivity contribution is 7.99. The molecule has 2 aliphatic heterocycles. The second-order valence-electron chi connectivity index (χ2n) is 5.72. The first kappa shape index (κ1) is 12.7. The van der Waals surface area contributed by atoms with Gasteiger partial charge in [0.05, 0.1) is 11.2 Å². The molecule has 3 nitrogen and oxygen atoms in total. The molecule has 2 heterocycles. The first-order valence-electron chi connectivity index (χ1n) is 6.17. The van der Waals surface area contributed by atoms with Crippen LogP contribution in [0.1, 0.15) is 33.1 Å². The smallest absolute Gasteiger partial charge is 0.0795 e. The van der Waals surface area contributed by atoms with Crippen LogP contribution in [0, 0.1) is 0 Å². The van der Waals surface area contributed by atoms with Crippen molar-refractivity contribution in [1.29, 1.82) is 0 Å². The molecule has 94 valence electrons. The number of nitrogens with one attached hydrogen (secondary N) is 1. The third kappa shape index (κ3) is 3.36. The molecule has 1 spiro atoms. The van der Waals surface area contributed by atoms with Gasteiger partial charge in [0.25, 0.3) is 0 Å². The number of thioether (sulfide) groups is 1. The summed E-state index contributed by atoms with van der Waals surface area (Å²) in [7, 11) is 0. The molecule has 0 aromatic carbocycles. The highest BCUT2D eigenvalue weighted by Crippen LogP contribution is 2.38. The number of rotatable bonds is 3. The maximum Gasteiger partial charge on any atom is 0.0795 e. The molecule has 16 heavy (non-hydrogen) atoms. The molecule has 0 aromatic heterocycles. The lowest BCUT2D eigenvalue weighted by molar-refractivity contribution is -0.0722. The van der Waals surface area contributed by atoms with Gasteiger partial charge in [-0.2, -0.15) is 11.8 Å². The lowest BCUT2D eigenvalue weighted by Gasteiger charge is -2.38. The highest BCUT2D eigenvalue weighted by atomic mass is 32.2. The standard InChI is InChI=1S/C12H23NO2S/c1-11(2,14)8-13-10-3-5-15-12(7-10)4-6-16-9-12/h10,13-14H,3-9H2,1-2H3. The topological polar surface area (TPSA) is 41.5 Å². The van der Waals surface area contributed by atoms with Crippen molar-refractivity contribution in [3.8, 4) is 0 Å². The van der Waals surface area contributed by atoms with E-state index in [1.807, 2.05) is 25.6 Å². The number of hydrogen-bond acceptors (Lipinski definition) is 4. The van der Waals surface area contributed by atoms with Gasteiger partial charge in [-0.05, 0) is 38.9 Å². The molecular weight excluding hydrogens is 222 g/mol. The van der Waals surface area contributed by atoms with Crippen LogP contribution in [0.5, 0.6) is 0 Å². The SMILES string of the molecule is CC(C)(O)CNC1CCOC2(CCSC2)C1. The molecule has 2 N–H and O–H groups in total. The highest BCUT2D eigenvalue weighted by Gasteiger charge is 2.40. The lowest BCUT2D eigenvalue weighted by atomic mass is 9.89. The fraction of sp³-hybridized carbons (Fsp3) is 1.00. The van der Waals surface area contributed by atoms with Crippen LogP contribution in [0.4, 0.5) is 0 Å². The van der Waals surface area contributed by atoms with Gasteiger partial charge in [-0.15, -0.1) is 0 Å². The van der Waals surface area contributed by atoms with Crippen LogP contribution >= 0.6 is 11.8 Å². The molecule has 2 aliphatic rings. The van der Waals surface area contributed by atoms with E-state index in [9.17, 15) is 5.11 Å². The normalized spacial score (nSPS) is 35.8. The van der Waals surface area contributed by atoms with Gasteiger partial charge in [-0.3, -0.25) is 0 Å². The van der Waals surface area contributed by atoms with E-state index in [0.717, 1.165) is 25.2 Å². The zero-order valence-electron chi connectivity index (χ0n) is 10.3. The quantitative estimate of drug-likeness (QED) is 0.789. The van der Waals surface area contributed by atoms with Crippen molar-refractivity contribution in [3.05, 3.63) is 0 Å². The molecule has 0 amide bonds. The summed E-state index contributed by atoms with van der Waals surface area (Å²) in [5, 5.41) is 13.2. The first-order chi connectivity index (χ1) is 7.49. The number of ether oxygens (including phenoxy) is 1. The molecule has 0 radical (unpaired) electrons. The monoisotopic (exact) mass is 245 g/mol. The Labute approximate surface area is 102 Å². The fourth-order valence-electron chi connectivity index (χ4n) is 2.46. The van der Waals surface area contributed by atoms with Crippen molar-refractivity contribution >= 4 is 11.8 Å². The van der Waals surface area contributed by atoms with E-state index in [1.165, 1.54) is 12.2 Å². The van der Waals surface area contributed by atoms with Crippen LogP contribution in [0.3, 0.4) is 0 Å². The molecule has 0 aromatic rings. The van der Waals surface area contributed by atoms with Gasteiger partial charge in [-0.1, -0.05) is 0 Å². The van der Waals surface area contributed by atoms with E-state index in [0.29, 0.717) is 12.6 Å². The minimum atomic E-state index is -0.615. The summed E-state index contributed by atoms with van der Waals surface area (Å²) in [6.45, 7) is 5.23. The average molecular weight is 245 g/mol. The summed E-state index contributed by atoms with van der Waals surface area (Å²) < 4.78 is 5.97. The maximum atomic E-state index is 9.71. The van der Waals surface area contributed by atoms with E-state index in [-0.39, 0.29) is 5.60 Å². The van der Waals surface area contributed by atoms with E-state index in [1.54, 1.807) is 0 Å². The summed E-state index contributed by atoms with van der Waals surface area (Å²) in [5.74, 6) is 2.38. The van der Waals surface area contributed by atoms with Crippen LogP contribution < -0.4 is 5.32 Å². The second kappa shape index (κ2) is 4.84. The molecule has 2 fully saturated rings. The molecule has 2 atom stereocenters. The van der Waals surface area contributed by atoms with Crippen LogP contribution in [-0.2, 0) is 4.74 Å². The van der Waals surface area contributed by atoms with Crippen LogP contribution in [0.2, 0.25) is 0 Å². The van der Waals surface area contributed by atoms with Crippen molar-refractivity contribution in [1.82, 2.24) is 5.32 Å². The summed E-state index contributed by atoms with van der Waals surface area (Å²) in [6, 6.07) is 0.513. The summed E-state index contributed by atoms with van der Waals surface area (Å²) in [5.41, 5.74) is -0.476. The van der Waals surface area contributed by atoms with Crippen molar-refractivity contribution in [3.63, 3.8) is 0 Å². The largest absolute Gasteiger partial charge is 0.389 e. The van der Waals surface area contributed by atoms with Gasteiger partial charge in [0.15, 0.2) is 0 Å². The van der Waals surface area contributed by atoms with Crippen molar-refractivity contribution in [2.24, 2.45) is 0 Å². The Bertz CT molecular complexity index is 234. The van der Waals surface area contributed by atoms with Gasteiger partial charge >= 0.3 is 0 Å². The van der Waals surface area contributed by atoms with Crippen LogP contribution in [0.25, 0.3) is 0 Å². The van der Waals surface area contributed by atoms with Crippen molar-refractivity contribution in [2.75, 3.05) is 24.7 Å². The summed E-state index contributed by atoms with van der Waals surface area (Å²) >= 11 is 2.00. The Hall–Kier alpha value is 0.230. The van der Waals surface area contributed by atoms with Gasteiger partial charge in [0.1, 0.15) is 0 Å². The lowest BCUT2D eigenvalue weighted by Crippen LogP contribution is -2.50. The van der Waals surface area contributed by atoms with Gasteiger partial charge in [-0.25, -0.2) is 0 Å². The predicted molar refractivity (Wildman–Crippen MR) is 67.9 cm³/mol. The molecule has 2 unspecified atom stereocenters. The van der Waals surface area contributed by atoms with Crippen LogP contribution in [0.15, 0.2) is 0 Å². The zero-order chi connectivity index (χ0) is 11.6. The van der Waals surface area contributed by atoms with Crippen molar-refractivity contribution in [2.45, 2.75) is 50.4 Å². The van der Waals surface area contributed by atoms with Gasteiger partial charge < -0.3 is 15.2 Å². The van der Waals surface area contributed by atoms with E-state index in [2.05, 4.69) is 5.32 Å². The van der Waals surface area contributed by atoms with Gasteiger partial charge in [0.2, 0.25) is 0 Å². The molecular formula is C12H23NO2S. The second-order valence-corrected chi connectivity index (χ2v) is 6.82.